The average molecular weight is 333 g/mol. The summed E-state index contributed by atoms with van der Waals surface area (Å²) < 4.78 is 15.2. The van der Waals surface area contributed by atoms with Gasteiger partial charge in [-0.15, -0.1) is 0 Å². The molecule has 0 spiro atoms. The van der Waals surface area contributed by atoms with Crippen LogP contribution in [0.5, 0.6) is 11.5 Å². The quantitative estimate of drug-likeness (QED) is 0.610. The minimum absolute atomic E-state index is 0.0693. The van der Waals surface area contributed by atoms with Crippen molar-refractivity contribution in [1.82, 2.24) is 4.90 Å². The highest BCUT2D eigenvalue weighted by Crippen LogP contribution is 2.23. The van der Waals surface area contributed by atoms with E-state index in [-0.39, 0.29) is 17.8 Å². The first-order chi connectivity index (χ1) is 11.6. The maximum Gasteiger partial charge on any atom is 0.308 e. The van der Waals surface area contributed by atoms with Gasteiger partial charge < -0.3 is 19.1 Å². The second kappa shape index (κ2) is 8.38. The zero-order chi connectivity index (χ0) is 17.5. The van der Waals surface area contributed by atoms with Crippen molar-refractivity contribution in [2.45, 2.75) is 12.8 Å². The Kier molecular flexibility index (Phi) is 6.23. The van der Waals surface area contributed by atoms with E-state index in [1.807, 2.05) is 12.1 Å². The molecule has 6 nitrogen and oxygen atoms in total. The zero-order valence-electron chi connectivity index (χ0n) is 14.3. The van der Waals surface area contributed by atoms with Crippen molar-refractivity contribution in [2.75, 3.05) is 34.4 Å². The van der Waals surface area contributed by atoms with E-state index in [0.29, 0.717) is 37.4 Å². The van der Waals surface area contributed by atoms with Crippen molar-refractivity contribution in [3.05, 3.63) is 29.8 Å². The Labute approximate surface area is 142 Å². The van der Waals surface area contributed by atoms with Crippen LogP contribution >= 0.6 is 0 Å². The zero-order valence-corrected chi connectivity index (χ0v) is 14.3. The molecule has 1 heterocycles. The first-order valence-electron chi connectivity index (χ1n) is 7.85. The molecule has 2 rings (SSSR count). The molecule has 0 unspecified atom stereocenters. The van der Waals surface area contributed by atoms with Crippen molar-refractivity contribution >= 4 is 18.0 Å². The van der Waals surface area contributed by atoms with Gasteiger partial charge in [-0.3, -0.25) is 9.59 Å². The molecule has 1 fully saturated rings. The minimum atomic E-state index is -0.193. The van der Waals surface area contributed by atoms with Gasteiger partial charge in [-0.25, -0.2) is 0 Å². The van der Waals surface area contributed by atoms with E-state index in [1.54, 1.807) is 31.3 Å². The van der Waals surface area contributed by atoms with Gasteiger partial charge in [0.1, 0.15) is 11.5 Å². The predicted molar refractivity (Wildman–Crippen MR) is 89.9 cm³/mol. The predicted octanol–water partition coefficient (Wildman–Crippen LogP) is 2.13. The Morgan fingerprint density at radius 2 is 1.62 bits per heavy atom. The van der Waals surface area contributed by atoms with Crippen LogP contribution in [0.25, 0.3) is 6.08 Å². The highest BCUT2D eigenvalue weighted by molar-refractivity contribution is 5.92. The van der Waals surface area contributed by atoms with Crippen molar-refractivity contribution < 1.29 is 23.8 Å². The smallest absolute Gasteiger partial charge is 0.308 e. The molecule has 0 aliphatic carbocycles. The van der Waals surface area contributed by atoms with E-state index in [9.17, 15) is 9.59 Å². The number of esters is 1. The number of likely N-dealkylation sites (tertiary alicyclic amines) is 1. The lowest BCUT2D eigenvalue weighted by Crippen LogP contribution is -2.39. The Hall–Kier alpha value is -2.50. The van der Waals surface area contributed by atoms with Gasteiger partial charge in [0.05, 0.1) is 27.2 Å². The fraction of sp³-hybridized carbons (Fsp3) is 0.444. The number of hydrogen-bond acceptors (Lipinski definition) is 5. The van der Waals surface area contributed by atoms with Crippen LogP contribution in [-0.4, -0.2) is 51.2 Å². The summed E-state index contributed by atoms with van der Waals surface area (Å²) in [6.07, 6.45) is 4.55. The molecule has 0 N–H and O–H groups in total. The van der Waals surface area contributed by atoms with Crippen LogP contribution < -0.4 is 9.47 Å². The van der Waals surface area contributed by atoms with Crippen LogP contribution in [0.4, 0.5) is 0 Å². The topological polar surface area (TPSA) is 65.1 Å². The van der Waals surface area contributed by atoms with Gasteiger partial charge in [-0.2, -0.15) is 0 Å². The summed E-state index contributed by atoms with van der Waals surface area (Å²) in [6.45, 7) is 1.12. The molecule has 6 heteroatoms. The third-order valence-electron chi connectivity index (χ3n) is 4.13. The first-order valence-corrected chi connectivity index (χ1v) is 7.85. The number of ether oxygens (including phenoxy) is 3. The van der Waals surface area contributed by atoms with Crippen molar-refractivity contribution in [3.8, 4) is 11.5 Å². The lowest BCUT2D eigenvalue weighted by atomic mass is 9.97. The van der Waals surface area contributed by atoms with Gasteiger partial charge in [-0.05, 0) is 36.6 Å². The second-order valence-electron chi connectivity index (χ2n) is 5.60. The number of rotatable bonds is 5. The molecule has 1 aliphatic rings. The third kappa shape index (κ3) is 4.50. The lowest BCUT2D eigenvalue weighted by molar-refractivity contribution is -0.148. The van der Waals surface area contributed by atoms with Crippen LogP contribution in [-0.2, 0) is 14.3 Å². The van der Waals surface area contributed by atoms with Crippen LogP contribution in [0.3, 0.4) is 0 Å². The van der Waals surface area contributed by atoms with Crippen LogP contribution in [0.15, 0.2) is 24.3 Å². The third-order valence-corrected chi connectivity index (χ3v) is 4.13. The molecular weight excluding hydrogens is 310 g/mol. The summed E-state index contributed by atoms with van der Waals surface area (Å²) in [5, 5.41) is 0. The molecule has 0 bridgehead atoms. The Balaban J connectivity index is 1.97. The van der Waals surface area contributed by atoms with Crippen molar-refractivity contribution in [1.29, 1.82) is 0 Å². The van der Waals surface area contributed by atoms with Gasteiger partial charge in [0.25, 0.3) is 0 Å². The van der Waals surface area contributed by atoms with Crippen molar-refractivity contribution in [2.24, 2.45) is 5.92 Å². The van der Waals surface area contributed by atoms with E-state index in [0.717, 1.165) is 5.56 Å². The van der Waals surface area contributed by atoms with E-state index in [1.165, 1.54) is 13.2 Å². The minimum Gasteiger partial charge on any atom is -0.497 e. The molecule has 0 saturated carbocycles. The average Bonchev–Trinajstić information content (AvgIpc) is 2.65. The molecular formula is C18H23NO5. The molecule has 130 valence electrons. The molecule has 0 radical (unpaired) electrons. The molecule has 1 aromatic rings. The number of carbonyl (C=O) groups is 2. The van der Waals surface area contributed by atoms with Crippen LogP contribution in [0, 0.1) is 5.92 Å². The number of nitrogens with zero attached hydrogens (tertiary/aromatic N) is 1. The summed E-state index contributed by atoms with van der Waals surface area (Å²) in [5.41, 5.74) is 0.823. The van der Waals surface area contributed by atoms with E-state index in [4.69, 9.17) is 14.2 Å². The molecule has 0 aromatic heterocycles. The lowest BCUT2D eigenvalue weighted by Gasteiger charge is -2.29. The van der Waals surface area contributed by atoms with Gasteiger partial charge >= 0.3 is 5.97 Å². The van der Waals surface area contributed by atoms with Gasteiger partial charge in [-0.1, -0.05) is 0 Å². The first kappa shape index (κ1) is 17.8. The standard InChI is InChI=1S/C18H23NO5/c1-22-15-10-13(11-16(12-15)23-2)4-5-17(20)19-8-6-14(7-9-19)18(21)24-3/h4-5,10-12,14H,6-9H2,1-3H3/b5-4+. The monoisotopic (exact) mass is 333 g/mol. The summed E-state index contributed by atoms with van der Waals surface area (Å²) >= 11 is 0. The Morgan fingerprint density at radius 1 is 1.04 bits per heavy atom. The molecule has 1 aromatic carbocycles. The summed E-state index contributed by atoms with van der Waals surface area (Å²) in [5.74, 6) is 0.965. The highest BCUT2D eigenvalue weighted by Gasteiger charge is 2.26. The highest BCUT2D eigenvalue weighted by atomic mass is 16.5. The number of amides is 1. The summed E-state index contributed by atoms with van der Waals surface area (Å²) in [7, 11) is 4.56. The van der Waals surface area contributed by atoms with E-state index >= 15 is 0 Å². The number of methoxy groups -OCH3 is 3. The summed E-state index contributed by atoms with van der Waals surface area (Å²) in [4.78, 5) is 25.5. The Morgan fingerprint density at radius 3 is 2.12 bits per heavy atom. The van der Waals surface area contributed by atoms with Gasteiger partial charge in [0, 0.05) is 25.2 Å². The second-order valence-corrected chi connectivity index (χ2v) is 5.60. The SMILES string of the molecule is COC(=O)C1CCN(C(=O)/C=C/c2cc(OC)cc(OC)c2)CC1. The molecule has 1 saturated heterocycles. The largest absolute Gasteiger partial charge is 0.497 e. The maximum atomic E-state index is 12.3. The summed E-state index contributed by atoms with van der Waals surface area (Å²) in [6, 6.07) is 5.43. The maximum absolute atomic E-state index is 12.3. The molecule has 0 atom stereocenters. The van der Waals surface area contributed by atoms with E-state index in [2.05, 4.69) is 0 Å². The number of piperidine rings is 1. The molecule has 24 heavy (non-hydrogen) atoms. The molecule has 1 aliphatic heterocycles. The van der Waals surface area contributed by atoms with E-state index < -0.39 is 0 Å². The number of benzene rings is 1. The fourth-order valence-corrected chi connectivity index (χ4v) is 2.70. The van der Waals surface area contributed by atoms with Gasteiger partial charge in [0.2, 0.25) is 5.91 Å². The van der Waals surface area contributed by atoms with Crippen LogP contribution in [0.1, 0.15) is 18.4 Å². The van der Waals surface area contributed by atoms with Crippen LogP contribution in [0.2, 0.25) is 0 Å². The van der Waals surface area contributed by atoms with Crippen molar-refractivity contribution in [3.63, 3.8) is 0 Å². The number of hydrogen-bond donors (Lipinski definition) is 0. The number of carbonyl (C=O) groups excluding carboxylic acids is 2. The molecule has 1 amide bonds. The Bertz CT molecular complexity index is 596. The van der Waals surface area contributed by atoms with Gasteiger partial charge in [0.15, 0.2) is 0 Å². The fourth-order valence-electron chi connectivity index (χ4n) is 2.70. The normalized spacial score (nSPS) is 15.4.